The number of benzene rings is 3. The topological polar surface area (TPSA) is 95.4 Å². The van der Waals surface area contributed by atoms with Gasteiger partial charge in [-0.15, -0.1) is 0 Å². The molecule has 2 amide bonds. The highest BCUT2D eigenvalue weighted by atomic mass is 16.5. The van der Waals surface area contributed by atoms with Gasteiger partial charge in [0.2, 0.25) is 12.3 Å². The van der Waals surface area contributed by atoms with Gasteiger partial charge in [0.15, 0.2) is 0 Å². The number of hydrogen-bond donors (Lipinski definition) is 2. The predicted octanol–water partition coefficient (Wildman–Crippen LogP) is 4.63. The first-order chi connectivity index (χ1) is 15.6. The van der Waals surface area contributed by atoms with Gasteiger partial charge >= 0.3 is 0 Å². The standard InChI is InChI=1S/C17H18O.C9H9NO.CH3NO/c1-18-17-13-7-12-16(14-17)11-6-5-10-15-8-3-2-4-9-15;10-9(11)7-6-8-4-2-1-3-5-8;2-1-3/h2-5,7-10,12-14H,6,11H2,1H3;1-7H,(H2,10,11);1H,(H2,2,3)/b10-5+;7-6+;. The normalized spacial score (nSPS) is 9.91. The van der Waals surface area contributed by atoms with Crippen molar-refractivity contribution < 1.29 is 14.3 Å². The monoisotopic (exact) mass is 430 g/mol. The van der Waals surface area contributed by atoms with E-state index < -0.39 is 5.91 Å². The van der Waals surface area contributed by atoms with E-state index in [4.69, 9.17) is 15.3 Å². The highest BCUT2D eigenvalue weighted by Crippen LogP contribution is 2.14. The summed E-state index contributed by atoms with van der Waals surface area (Å²) in [5, 5.41) is 0. The third-order valence-electron chi connectivity index (χ3n) is 4.08. The number of ether oxygens (including phenoxy) is 1. The van der Waals surface area contributed by atoms with Crippen LogP contribution in [-0.4, -0.2) is 19.4 Å². The molecule has 3 aromatic carbocycles. The van der Waals surface area contributed by atoms with Crippen molar-refractivity contribution in [3.63, 3.8) is 0 Å². The zero-order chi connectivity index (χ0) is 23.4. The maximum Gasteiger partial charge on any atom is 0.241 e. The highest BCUT2D eigenvalue weighted by Gasteiger charge is 1.94. The molecule has 4 N–H and O–H groups in total. The molecule has 5 heteroatoms. The van der Waals surface area contributed by atoms with Crippen LogP contribution in [-0.2, 0) is 16.0 Å². The van der Waals surface area contributed by atoms with Crippen LogP contribution in [0.2, 0.25) is 0 Å². The number of primary amides is 2. The highest BCUT2D eigenvalue weighted by molar-refractivity contribution is 5.90. The molecule has 5 nitrogen and oxygen atoms in total. The Hall–Kier alpha value is -4.12. The average Bonchev–Trinajstić information content (AvgIpc) is 2.83. The van der Waals surface area contributed by atoms with Crippen LogP contribution in [0, 0.1) is 0 Å². The smallest absolute Gasteiger partial charge is 0.241 e. The lowest BCUT2D eigenvalue weighted by Gasteiger charge is -2.02. The Morgan fingerprint density at radius 2 is 1.44 bits per heavy atom. The van der Waals surface area contributed by atoms with Gasteiger partial charge in [-0.05, 0) is 47.7 Å². The summed E-state index contributed by atoms with van der Waals surface area (Å²) in [6.07, 6.45) is 9.75. The van der Waals surface area contributed by atoms with Gasteiger partial charge in [0.25, 0.3) is 0 Å². The fraction of sp³-hybridized carbons (Fsp3) is 0.111. The van der Waals surface area contributed by atoms with Crippen molar-refractivity contribution in [1.82, 2.24) is 0 Å². The Labute approximate surface area is 190 Å². The molecule has 0 unspecified atom stereocenters. The molecular weight excluding hydrogens is 400 g/mol. The first-order valence-corrected chi connectivity index (χ1v) is 10.1. The Balaban J connectivity index is 0.000000312. The van der Waals surface area contributed by atoms with Crippen molar-refractivity contribution in [2.24, 2.45) is 11.5 Å². The molecule has 0 aliphatic rings. The molecule has 0 saturated carbocycles. The van der Waals surface area contributed by atoms with Gasteiger partial charge in [-0.1, -0.05) is 84.9 Å². The van der Waals surface area contributed by atoms with E-state index in [1.807, 2.05) is 48.5 Å². The van der Waals surface area contributed by atoms with Crippen LogP contribution in [0.25, 0.3) is 12.2 Å². The van der Waals surface area contributed by atoms with Gasteiger partial charge in [-0.2, -0.15) is 0 Å². The Bertz CT molecular complexity index is 968. The first-order valence-electron chi connectivity index (χ1n) is 10.1. The van der Waals surface area contributed by atoms with Gasteiger partial charge in [-0.3, -0.25) is 9.59 Å². The molecule has 0 bridgehead atoms. The summed E-state index contributed by atoms with van der Waals surface area (Å²) in [5.74, 6) is 0.508. The predicted molar refractivity (Wildman–Crippen MR) is 132 cm³/mol. The number of amides is 2. The lowest BCUT2D eigenvalue weighted by atomic mass is 10.1. The summed E-state index contributed by atoms with van der Waals surface area (Å²) in [7, 11) is 1.70. The maximum absolute atomic E-state index is 10.3. The summed E-state index contributed by atoms with van der Waals surface area (Å²) in [5.41, 5.74) is 12.6. The number of rotatable bonds is 7. The molecule has 0 fully saturated rings. The number of carbonyl (C=O) groups is 2. The zero-order valence-electron chi connectivity index (χ0n) is 18.3. The third-order valence-corrected chi connectivity index (χ3v) is 4.08. The molecule has 166 valence electrons. The Morgan fingerprint density at radius 3 is 1.97 bits per heavy atom. The minimum absolute atomic E-state index is 0.250. The number of carbonyl (C=O) groups excluding carboxylic acids is 2. The van der Waals surface area contributed by atoms with Crippen LogP contribution in [0.5, 0.6) is 5.75 Å². The number of nitrogens with two attached hydrogens (primary N) is 2. The van der Waals surface area contributed by atoms with Crippen LogP contribution < -0.4 is 16.2 Å². The van der Waals surface area contributed by atoms with Gasteiger partial charge in [0.1, 0.15) is 5.75 Å². The van der Waals surface area contributed by atoms with E-state index in [-0.39, 0.29) is 6.41 Å². The SMILES string of the molecule is COc1cccc(CC/C=C/c2ccccc2)c1.NC(=O)/C=C/c1ccccc1.NC=O. The van der Waals surface area contributed by atoms with Crippen molar-refractivity contribution >= 4 is 24.5 Å². The van der Waals surface area contributed by atoms with Crippen molar-refractivity contribution in [3.05, 3.63) is 114 Å². The van der Waals surface area contributed by atoms with Gasteiger partial charge in [0, 0.05) is 6.08 Å². The quantitative estimate of drug-likeness (QED) is 0.423. The minimum Gasteiger partial charge on any atom is -0.497 e. The number of allylic oxidation sites excluding steroid dienone is 1. The average molecular weight is 431 g/mol. The summed E-state index contributed by atoms with van der Waals surface area (Å²) in [6.45, 7) is 0. The molecule has 0 atom stereocenters. The molecule has 0 heterocycles. The third kappa shape index (κ3) is 12.4. The largest absolute Gasteiger partial charge is 0.497 e. The maximum atomic E-state index is 10.3. The molecule has 0 saturated heterocycles. The van der Waals surface area contributed by atoms with Crippen molar-refractivity contribution in [1.29, 1.82) is 0 Å². The van der Waals surface area contributed by atoms with Crippen LogP contribution >= 0.6 is 0 Å². The number of hydrogen-bond acceptors (Lipinski definition) is 3. The molecule has 3 aromatic rings. The molecular formula is C27H30N2O3. The summed E-state index contributed by atoms with van der Waals surface area (Å²) < 4.78 is 5.21. The van der Waals surface area contributed by atoms with Crippen LogP contribution in [0.15, 0.2) is 97.1 Å². The molecule has 0 aromatic heterocycles. The van der Waals surface area contributed by atoms with E-state index in [1.165, 1.54) is 17.2 Å². The number of methoxy groups -OCH3 is 1. The minimum atomic E-state index is -0.422. The fourth-order valence-corrected chi connectivity index (χ4v) is 2.60. The summed E-state index contributed by atoms with van der Waals surface area (Å²) >= 11 is 0. The molecule has 0 aliphatic heterocycles. The van der Waals surface area contributed by atoms with E-state index in [1.54, 1.807) is 13.2 Å². The van der Waals surface area contributed by atoms with E-state index in [0.717, 1.165) is 24.2 Å². The second-order valence-corrected chi connectivity index (χ2v) is 6.49. The van der Waals surface area contributed by atoms with Crippen LogP contribution in [0.4, 0.5) is 0 Å². The van der Waals surface area contributed by atoms with E-state index >= 15 is 0 Å². The van der Waals surface area contributed by atoms with E-state index in [9.17, 15) is 4.79 Å². The second kappa shape index (κ2) is 16.7. The Morgan fingerprint density at radius 1 is 0.875 bits per heavy atom. The van der Waals surface area contributed by atoms with Crippen LogP contribution in [0.1, 0.15) is 23.1 Å². The van der Waals surface area contributed by atoms with Crippen molar-refractivity contribution in [3.8, 4) is 5.75 Å². The van der Waals surface area contributed by atoms with Crippen molar-refractivity contribution in [2.75, 3.05) is 7.11 Å². The lowest BCUT2D eigenvalue weighted by molar-refractivity contribution is -0.113. The zero-order valence-corrected chi connectivity index (χ0v) is 18.3. The molecule has 0 aliphatic carbocycles. The first kappa shape index (κ1) is 25.9. The van der Waals surface area contributed by atoms with Gasteiger partial charge < -0.3 is 16.2 Å². The Kier molecular flexibility index (Phi) is 13.5. The molecule has 3 rings (SSSR count). The van der Waals surface area contributed by atoms with Gasteiger partial charge in [-0.25, -0.2) is 0 Å². The molecule has 0 spiro atoms. The number of aryl methyl sites for hydroxylation is 1. The van der Waals surface area contributed by atoms with E-state index in [2.05, 4.69) is 54.3 Å². The van der Waals surface area contributed by atoms with E-state index in [0.29, 0.717) is 0 Å². The summed E-state index contributed by atoms with van der Waals surface area (Å²) in [6, 6.07) is 28.1. The second-order valence-electron chi connectivity index (χ2n) is 6.49. The lowest BCUT2D eigenvalue weighted by Crippen LogP contribution is -2.04. The summed E-state index contributed by atoms with van der Waals surface area (Å²) in [4.78, 5) is 18.9. The molecule has 0 radical (unpaired) electrons. The van der Waals surface area contributed by atoms with Crippen molar-refractivity contribution in [2.45, 2.75) is 12.8 Å². The van der Waals surface area contributed by atoms with Gasteiger partial charge in [0.05, 0.1) is 7.11 Å². The molecule has 32 heavy (non-hydrogen) atoms. The fourth-order valence-electron chi connectivity index (χ4n) is 2.60. The van der Waals surface area contributed by atoms with Crippen LogP contribution in [0.3, 0.4) is 0 Å².